The quantitative estimate of drug-likeness (QED) is 0.607. The summed E-state index contributed by atoms with van der Waals surface area (Å²) in [6.07, 6.45) is 2.22. The van der Waals surface area contributed by atoms with E-state index in [-0.39, 0.29) is 17.3 Å². The first-order valence-corrected chi connectivity index (χ1v) is 7.85. The fraction of sp³-hybridized carbons (Fsp3) is 0.647. The van der Waals surface area contributed by atoms with Crippen molar-refractivity contribution < 1.29 is 23.9 Å². The molecular weight excluding hydrogens is 298 g/mol. The molecule has 1 saturated heterocycles. The number of piperidine rings is 1. The number of ketones is 3. The standard InChI is InChI=1S/C9H12O2.C8H13NO3/c1-6-4-7(10)5-9(2,3)8(6)11;1-2-12-8(11)6-5-9-4-3-7(6)10/h4H,5H2,1-3H3;6,9H,2-5H2,1H3. The molecule has 0 radical (unpaired) electrons. The lowest BCUT2D eigenvalue weighted by Crippen LogP contribution is -2.41. The summed E-state index contributed by atoms with van der Waals surface area (Å²) >= 11 is 0. The molecule has 0 amide bonds. The van der Waals surface area contributed by atoms with Gasteiger partial charge in [-0.25, -0.2) is 0 Å². The third-order valence-electron chi connectivity index (χ3n) is 3.82. The Bertz CT molecular complexity index is 533. The van der Waals surface area contributed by atoms with Crippen LogP contribution in [-0.2, 0) is 23.9 Å². The zero-order valence-electron chi connectivity index (χ0n) is 14.2. The van der Waals surface area contributed by atoms with Crippen molar-refractivity contribution in [1.29, 1.82) is 0 Å². The van der Waals surface area contributed by atoms with Gasteiger partial charge in [0.2, 0.25) is 0 Å². The summed E-state index contributed by atoms with van der Waals surface area (Å²) in [6, 6.07) is 0. The van der Waals surface area contributed by atoms with Crippen molar-refractivity contribution in [2.75, 3.05) is 19.7 Å². The van der Waals surface area contributed by atoms with E-state index in [1.165, 1.54) is 6.08 Å². The van der Waals surface area contributed by atoms with Crippen LogP contribution in [0.15, 0.2) is 11.6 Å². The summed E-state index contributed by atoms with van der Waals surface area (Å²) in [6.45, 7) is 8.49. The normalized spacial score (nSPS) is 23.6. The van der Waals surface area contributed by atoms with E-state index in [1.54, 1.807) is 13.8 Å². The summed E-state index contributed by atoms with van der Waals surface area (Å²) in [5, 5.41) is 2.98. The molecule has 6 nitrogen and oxygen atoms in total. The average Bonchev–Trinajstić information content (AvgIpc) is 2.45. The van der Waals surface area contributed by atoms with Gasteiger partial charge in [0, 0.05) is 31.3 Å². The van der Waals surface area contributed by atoms with Crippen LogP contribution in [0.25, 0.3) is 0 Å². The highest BCUT2D eigenvalue weighted by atomic mass is 16.5. The molecule has 1 unspecified atom stereocenters. The van der Waals surface area contributed by atoms with E-state index in [4.69, 9.17) is 4.74 Å². The maximum atomic E-state index is 11.4. The van der Waals surface area contributed by atoms with Crippen molar-refractivity contribution in [3.05, 3.63) is 11.6 Å². The second-order valence-corrected chi connectivity index (χ2v) is 6.41. The van der Waals surface area contributed by atoms with Crippen LogP contribution in [0.1, 0.15) is 40.5 Å². The van der Waals surface area contributed by atoms with Gasteiger partial charge in [-0.1, -0.05) is 13.8 Å². The van der Waals surface area contributed by atoms with Crippen LogP contribution >= 0.6 is 0 Å². The molecule has 2 rings (SSSR count). The number of rotatable bonds is 2. The van der Waals surface area contributed by atoms with Crippen LogP contribution in [-0.4, -0.2) is 43.0 Å². The van der Waals surface area contributed by atoms with Crippen LogP contribution in [0.4, 0.5) is 0 Å². The first kappa shape index (κ1) is 19.2. The molecule has 0 spiro atoms. The van der Waals surface area contributed by atoms with Crippen LogP contribution in [0.3, 0.4) is 0 Å². The smallest absolute Gasteiger partial charge is 0.317 e. The Labute approximate surface area is 136 Å². The van der Waals surface area contributed by atoms with E-state index in [2.05, 4.69) is 5.32 Å². The van der Waals surface area contributed by atoms with Gasteiger partial charge in [-0.2, -0.15) is 0 Å². The Morgan fingerprint density at radius 1 is 1.35 bits per heavy atom. The largest absolute Gasteiger partial charge is 0.465 e. The lowest BCUT2D eigenvalue weighted by Gasteiger charge is -2.25. The number of Topliss-reactive ketones (excluding diaryl/α,β-unsaturated/α-hetero) is 2. The predicted molar refractivity (Wildman–Crippen MR) is 84.8 cm³/mol. The van der Waals surface area contributed by atoms with Crippen molar-refractivity contribution in [3.63, 3.8) is 0 Å². The fourth-order valence-electron chi connectivity index (χ4n) is 2.61. The molecule has 1 heterocycles. The molecule has 6 heteroatoms. The molecule has 1 atom stereocenters. The monoisotopic (exact) mass is 323 g/mol. The number of hydrogen-bond donors (Lipinski definition) is 1. The van der Waals surface area contributed by atoms with Gasteiger partial charge in [-0.05, 0) is 25.5 Å². The van der Waals surface area contributed by atoms with Gasteiger partial charge >= 0.3 is 5.97 Å². The molecule has 1 aliphatic heterocycles. The lowest BCUT2D eigenvalue weighted by atomic mass is 9.76. The van der Waals surface area contributed by atoms with Gasteiger partial charge in [0.25, 0.3) is 0 Å². The Hall–Kier alpha value is -1.82. The van der Waals surface area contributed by atoms with Gasteiger partial charge in [-0.15, -0.1) is 0 Å². The Balaban J connectivity index is 0.000000231. The van der Waals surface area contributed by atoms with Crippen LogP contribution in [0, 0.1) is 11.3 Å². The molecule has 0 aromatic rings. The third-order valence-corrected chi connectivity index (χ3v) is 3.82. The maximum Gasteiger partial charge on any atom is 0.317 e. The highest BCUT2D eigenvalue weighted by molar-refractivity contribution is 6.10. The maximum absolute atomic E-state index is 11.4. The number of carbonyl (C=O) groups excluding carboxylic acids is 4. The summed E-state index contributed by atoms with van der Waals surface area (Å²) in [5.74, 6) is -0.815. The first-order chi connectivity index (χ1) is 10.7. The van der Waals surface area contributed by atoms with Crippen molar-refractivity contribution in [1.82, 2.24) is 5.32 Å². The van der Waals surface area contributed by atoms with Gasteiger partial charge in [0.05, 0.1) is 6.61 Å². The predicted octanol–water partition coefficient (Wildman–Crippen LogP) is 1.23. The van der Waals surface area contributed by atoms with Crippen LogP contribution in [0.2, 0.25) is 0 Å². The molecule has 0 aromatic heterocycles. The number of esters is 1. The topological polar surface area (TPSA) is 89.5 Å². The minimum atomic E-state index is -0.571. The van der Waals surface area contributed by atoms with Gasteiger partial charge in [-0.3, -0.25) is 19.2 Å². The number of allylic oxidation sites excluding steroid dienone is 2. The highest BCUT2D eigenvalue weighted by Gasteiger charge is 2.34. The molecule has 128 valence electrons. The van der Waals surface area contributed by atoms with Crippen molar-refractivity contribution in [2.24, 2.45) is 11.3 Å². The van der Waals surface area contributed by atoms with E-state index < -0.39 is 17.3 Å². The molecular formula is C17H25NO5. The van der Waals surface area contributed by atoms with E-state index in [1.807, 2.05) is 13.8 Å². The van der Waals surface area contributed by atoms with Crippen molar-refractivity contribution >= 4 is 23.3 Å². The van der Waals surface area contributed by atoms with E-state index in [0.29, 0.717) is 38.1 Å². The first-order valence-electron chi connectivity index (χ1n) is 7.85. The Morgan fingerprint density at radius 2 is 2.00 bits per heavy atom. The molecule has 1 aliphatic carbocycles. The Kier molecular flexibility index (Phi) is 6.81. The Morgan fingerprint density at radius 3 is 2.52 bits per heavy atom. The third kappa shape index (κ3) is 5.39. The zero-order valence-corrected chi connectivity index (χ0v) is 14.2. The van der Waals surface area contributed by atoms with Crippen LogP contribution < -0.4 is 5.32 Å². The summed E-state index contributed by atoms with van der Waals surface area (Å²) < 4.78 is 4.75. The molecule has 23 heavy (non-hydrogen) atoms. The molecule has 1 fully saturated rings. The molecule has 1 N–H and O–H groups in total. The number of carbonyl (C=O) groups is 4. The second kappa shape index (κ2) is 8.15. The minimum absolute atomic E-state index is 0.00722. The van der Waals surface area contributed by atoms with Gasteiger partial charge < -0.3 is 10.1 Å². The molecule has 2 aliphatic rings. The van der Waals surface area contributed by atoms with E-state index in [9.17, 15) is 19.2 Å². The summed E-state index contributed by atoms with van der Waals surface area (Å²) in [7, 11) is 0. The second-order valence-electron chi connectivity index (χ2n) is 6.41. The van der Waals surface area contributed by atoms with Crippen molar-refractivity contribution in [2.45, 2.75) is 40.5 Å². The SMILES string of the molecule is CC1=CC(=O)CC(C)(C)C1=O.CCOC(=O)C1CNCCC1=O. The number of nitrogens with one attached hydrogen (secondary N) is 1. The average molecular weight is 323 g/mol. The van der Waals surface area contributed by atoms with Gasteiger partial charge in [0.15, 0.2) is 11.6 Å². The zero-order chi connectivity index (χ0) is 17.6. The van der Waals surface area contributed by atoms with E-state index >= 15 is 0 Å². The molecule has 0 saturated carbocycles. The summed E-state index contributed by atoms with van der Waals surface area (Å²) in [4.78, 5) is 44.7. The molecule has 0 aromatic carbocycles. The van der Waals surface area contributed by atoms with Crippen LogP contribution in [0.5, 0.6) is 0 Å². The lowest BCUT2D eigenvalue weighted by molar-refractivity contribution is -0.152. The van der Waals surface area contributed by atoms with Crippen molar-refractivity contribution in [3.8, 4) is 0 Å². The number of ether oxygens (including phenoxy) is 1. The fourth-order valence-corrected chi connectivity index (χ4v) is 2.61. The highest BCUT2D eigenvalue weighted by Crippen LogP contribution is 2.29. The summed E-state index contributed by atoms with van der Waals surface area (Å²) in [5.41, 5.74) is 0.113. The van der Waals surface area contributed by atoms with E-state index in [0.717, 1.165) is 0 Å². The number of hydrogen-bond acceptors (Lipinski definition) is 6. The minimum Gasteiger partial charge on any atom is -0.465 e. The molecule has 0 bridgehead atoms. The van der Waals surface area contributed by atoms with Gasteiger partial charge in [0.1, 0.15) is 11.7 Å².